The van der Waals surface area contributed by atoms with E-state index >= 15 is 0 Å². The summed E-state index contributed by atoms with van der Waals surface area (Å²) in [4.78, 5) is 20.5. The van der Waals surface area contributed by atoms with Crippen molar-refractivity contribution >= 4 is 5.78 Å². The molecule has 1 aliphatic heterocycles. The molecule has 0 spiro atoms. The minimum atomic E-state index is -0.287. The zero-order valence-corrected chi connectivity index (χ0v) is 10.8. The summed E-state index contributed by atoms with van der Waals surface area (Å²) < 4.78 is 12.8. The lowest BCUT2D eigenvalue weighted by atomic mass is 10.0. The zero-order chi connectivity index (χ0) is 13.9. The van der Waals surface area contributed by atoms with Crippen LogP contribution in [0.15, 0.2) is 52.4 Å². The number of carbonyl (C=O) groups is 1. The van der Waals surface area contributed by atoms with E-state index in [2.05, 4.69) is 9.98 Å². The van der Waals surface area contributed by atoms with Crippen molar-refractivity contribution in [1.29, 1.82) is 0 Å². The second kappa shape index (κ2) is 5.33. The normalized spacial score (nSPS) is 12.4. The fraction of sp³-hybridized carbons (Fsp3) is 0.188. The van der Waals surface area contributed by atoms with Crippen LogP contribution in [0.1, 0.15) is 11.1 Å². The molecule has 0 aliphatic carbocycles. The fourth-order valence-electron chi connectivity index (χ4n) is 2.25. The first-order chi connectivity index (χ1) is 9.70. The number of hydrogen-bond donors (Lipinski definition) is 0. The van der Waals surface area contributed by atoms with E-state index in [9.17, 15) is 9.18 Å². The third kappa shape index (κ3) is 2.79. The lowest BCUT2D eigenvalue weighted by molar-refractivity contribution is -0.117. The van der Waals surface area contributed by atoms with Crippen molar-refractivity contribution in [3.63, 3.8) is 0 Å². The maximum Gasteiger partial charge on any atom is 0.141 e. The highest BCUT2D eigenvalue weighted by Crippen LogP contribution is 2.06. The maximum absolute atomic E-state index is 12.8. The Morgan fingerprint density at radius 3 is 2.40 bits per heavy atom. The van der Waals surface area contributed by atoms with Gasteiger partial charge in [-0.3, -0.25) is 14.8 Å². The molecule has 100 valence electrons. The molecule has 3 rings (SSSR count). The number of halogens is 1. The van der Waals surface area contributed by atoms with Crippen LogP contribution >= 0.6 is 0 Å². The summed E-state index contributed by atoms with van der Waals surface area (Å²) >= 11 is 0. The van der Waals surface area contributed by atoms with Gasteiger partial charge in [-0.05, 0) is 35.4 Å². The van der Waals surface area contributed by atoms with Gasteiger partial charge < -0.3 is 0 Å². The molecular formula is C16H13FN2O. The molecule has 1 aliphatic rings. The SMILES string of the molecule is O=C(Cc1ccc(F)cc1)Cc1ccc2c(c1)=NCN=2. The van der Waals surface area contributed by atoms with Crippen molar-refractivity contribution in [3.8, 4) is 0 Å². The number of ketones is 1. The molecule has 0 saturated heterocycles. The van der Waals surface area contributed by atoms with Crippen LogP contribution in [0.4, 0.5) is 4.39 Å². The third-order valence-corrected chi connectivity index (χ3v) is 3.24. The second-order valence-corrected chi connectivity index (χ2v) is 4.80. The van der Waals surface area contributed by atoms with E-state index in [1.165, 1.54) is 12.1 Å². The van der Waals surface area contributed by atoms with Gasteiger partial charge in [0.2, 0.25) is 0 Å². The summed E-state index contributed by atoms with van der Waals surface area (Å²) in [6.07, 6.45) is 0.680. The van der Waals surface area contributed by atoms with E-state index in [0.717, 1.165) is 21.8 Å². The number of hydrogen-bond acceptors (Lipinski definition) is 3. The van der Waals surface area contributed by atoms with E-state index in [1.807, 2.05) is 18.2 Å². The molecular weight excluding hydrogens is 255 g/mol. The molecule has 0 bridgehead atoms. The molecule has 20 heavy (non-hydrogen) atoms. The van der Waals surface area contributed by atoms with Gasteiger partial charge in [0.1, 0.15) is 18.3 Å². The molecule has 2 aromatic carbocycles. The van der Waals surface area contributed by atoms with Gasteiger partial charge in [-0.2, -0.15) is 0 Å². The van der Waals surface area contributed by atoms with E-state index < -0.39 is 0 Å². The van der Waals surface area contributed by atoms with Crippen molar-refractivity contribution in [1.82, 2.24) is 0 Å². The molecule has 2 aromatic rings. The molecule has 0 unspecified atom stereocenters. The first-order valence-corrected chi connectivity index (χ1v) is 6.45. The van der Waals surface area contributed by atoms with Crippen LogP contribution in [0.2, 0.25) is 0 Å². The molecule has 0 saturated carbocycles. The lowest BCUT2D eigenvalue weighted by Gasteiger charge is -2.02. The Balaban J connectivity index is 1.70. The summed E-state index contributed by atoms with van der Waals surface area (Å²) in [7, 11) is 0. The molecule has 0 radical (unpaired) electrons. The molecule has 0 amide bonds. The average molecular weight is 268 g/mol. The van der Waals surface area contributed by atoms with Gasteiger partial charge in [0, 0.05) is 12.8 Å². The summed E-state index contributed by atoms with van der Waals surface area (Å²) in [5.41, 5.74) is 1.77. The number of nitrogens with zero attached hydrogens (tertiary/aromatic N) is 2. The van der Waals surface area contributed by atoms with Crippen LogP contribution in [0.3, 0.4) is 0 Å². The molecule has 1 heterocycles. The van der Waals surface area contributed by atoms with E-state index in [1.54, 1.807) is 12.1 Å². The first kappa shape index (κ1) is 12.7. The van der Waals surface area contributed by atoms with Gasteiger partial charge in [-0.1, -0.05) is 18.2 Å². The van der Waals surface area contributed by atoms with Crippen molar-refractivity contribution in [2.24, 2.45) is 9.98 Å². The van der Waals surface area contributed by atoms with E-state index in [0.29, 0.717) is 19.5 Å². The standard InChI is InChI=1S/C16H13FN2O/c17-13-4-1-11(2-5-13)7-14(20)8-12-3-6-15-16(9-12)19-10-18-15/h1-6,9H,7-8,10H2. The topological polar surface area (TPSA) is 41.8 Å². The Hall–Kier alpha value is -2.36. The van der Waals surface area contributed by atoms with Gasteiger partial charge in [-0.15, -0.1) is 0 Å². The molecule has 0 atom stereocenters. The Kier molecular flexibility index (Phi) is 3.37. The molecule has 0 aromatic heterocycles. The predicted octanol–water partition coefficient (Wildman–Crippen LogP) is 1.39. The van der Waals surface area contributed by atoms with Gasteiger partial charge in [0.15, 0.2) is 0 Å². The Labute approximate surface area is 115 Å². The van der Waals surface area contributed by atoms with Crippen LogP contribution in [-0.2, 0) is 17.6 Å². The number of benzene rings is 2. The summed E-state index contributed by atoms with van der Waals surface area (Å²) in [5.74, 6) is -0.184. The summed E-state index contributed by atoms with van der Waals surface area (Å²) in [5, 5.41) is 1.75. The summed E-state index contributed by atoms with van der Waals surface area (Å²) in [6.45, 7) is 0.475. The van der Waals surface area contributed by atoms with E-state index in [4.69, 9.17) is 0 Å². The van der Waals surface area contributed by atoms with Crippen LogP contribution < -0.4 is 10.7 Å². The Bertz CT molecular complexity index is 766. The average Bonchev–Trinajstić information content (AvgIpc) is 2.89. The summed E-state index contributed by atoms with van der Waals surface area (Å²) in [6, 6.07) is 11.7. The lowest BCUT2D eigenvalue weighted by Crippen LogP contribution is -2.22. The minimum absolute atomic E-state index is 0.103. The zero-order valence-electron chi connectivity index (χ0n) is 10.8. The number of carbonyl (C=O) groups excluding carboxylic acids is 1. The monoisotopic (exact) mass is 268 g/mol. The number of fused-ring (bicyclic) bond motifs is 1. The number of Topliss-reactive ketones (excluding diaryl/α,β-unsaturated/α-hetero) is 1. The highest BCUT2D eigenvalue weighted by molar-refractivity contribution is 5.83. The van der Waals surface area contributed by atoms with Gasteiger partial charge in [-0.25, -0.2) is 4.39 Å². The van der Waals surface area contributed by atoms with Gasteiger partial charge >= 0.3 is 0 Å². The van der Waals surface area contributed by atoms with Crippen LogP contribution in [0, 0.1) is 5.82 Å². The second-order valence-electron chi connectivity index (χ2n) is 4.80. The first-order valence-electron chi connectivity index (χ1n) is 6.45. The Morgan fingerprint density at radius 1 is 0.950 bits per heavy atom. The molecule has 0 fully saturated rings. The smallest absolute Gasteiger partial charge is 0.141 e. The maximum atomic E-state index is 12.8. The van der Waals surface area contributed by atoms with Gasteiger partial charge in [0.05, 0.1) is 10.7 Å². The fourth-order valence-corrected chi connectivity index (χ4v) is 2.25. The highest BCUT2D eigenvalue weighted by Gasteiger charge is 2.07. The predicted molar refractivity (Wildman–Crippen MR) is 72.4 cm³/mol. The van der Waals surface area contributed by atoms with Crippen LogP contribution in [0.25, 0.3) is 0 Å². The van der Waals surface area contributed by atoms with Crippen LogP contribution in [-0.4, -0.2) is 12.5 Å². The molecule has 3 nitrogen and oxygen atoms in total. The quantitative estimate of drug-likeness (QED) is 0.826. The van der Waals surface area contributed by atoms with Crippen LogP contribution in [0.5, 0.6) is 0 Å². The third-order valence-electron chi connectivity index (χ3n) is 3.24. The van der Waals surface area contributed by atoms with Crippen molar-refractivity contribution in [2.45, 2.75) is 12.8 Å². The molecule has 4 heteroatoms. The van der Waals surface area contributed by atoms with Crippen molar-refractivity contribution < 1.29 is 9.18 Å². The molecule has 0 N–H and O–H groups in total. The largest absolute Gasteiger partial charge is 0.299 e. The van der Waals surface area contributed by atoms with E-state index in [-0.39, 0.29) is 11.6 Å². The van der Waals surface area contributed by atoms with Crippen molar-refractivity contribution in [2.75, 3.05) is 6.67 Å². The minimum Gasteiger partial charge on any atom is -0.299 e. The highest BCUT2D eigenvalue weighted by atomic mass is 19.1. The van der Waals surface area contributed by atoms with Gasteiger partial charge in [0.25, 0.3) is 0 Å². The van der Waals surface area contributed by atoms with Crippen molar-refractivity contribution in [3.05, 3.63) is 70.1 Å². The Morgan fingerprint density at radius 2 is 1.60 bits per heavy atom. The number of rotatable bonds is 4.